The molecule has 1 N–H and O–H groups in total. The zero-order valence-corrected chi connectivity index (χ0v) is 14.6. The van der Waals surface area contributed by atoms with E-state index < -0.39 is 0 Å². The highest BCUT2D eigenvalue weighted by Crippen LogP contribution is 2.24. The molecule has 126 valence electrons. The second-order valence-corrected chi connectivity index (χ2v) is 6.38. The molecule has 1 aromatic rings. The van der Waals surface area contributed by atoms with E-state index in [1.165, 1.54) is 12.8 Å². The molecule has 1 rings (SSSR count). The van der Waals surface area contributed by atoms with Crippen LogP contribution in [0.25, 0.3) is 0 Å². The van der Waals surface area contributed by atoms with Crippen LogP contribution < -0.4 is 9.47 Å². The van der Waals surface area contributed by atoms with Crippen molar-refractivity contribution in [2.45, 2.75) is 60.0 Å². The fourth-order valence-electron chi connectivity index (χ4n) is 2.52. The van der Waals surface area contributed by atoms with Gasteiger partial charge in [0.15, 0.2) is 0 Å². The Bertz CT molecular complexity index is 383. The molecular weight excluding hydrogens is 276 g/mol. The van der Waals surface area contributed by atoms with E-state index in [2.05, 4.69) is 27.7 Å². The molecule has 2 atom stereocenters. The molecule has 0 saturated carbocycles. The Kier molecular flexibility index (Phi) is 8.98. The molecule has 0 spiro atoms. The van der Waals surface area contributed by atoms with Crippen molar-refractivity contribution in [3.05, 3.63) is 23.8 Å². The molecule has 0 heterocycles. The van der Waals surface area contributed by atoms with Crippen LogP contribution in [-0.4, -0.2) is 18.3 Å². The number of rotatable bonds is 11. The lowest BCUT2D eigenvalue weighted by Gasteiger charge is -2.16. The zero-order chi connectivity index (χ0) is 16.4. The van der Waals surface area contributed by atoms with Crippen molar-refractivity contribution in [2.75, 3.05) is 13.2 Å². The predicted molar refractivity (Wildman–Crippen MR) is 91.5 cm³/mol. The van der Waals surface area contributed by atoms with Crippen molar-refractivity contribution < 1.29 is 14.6 Å². The highest BCUT2D eigenvalue weighted by atomic mass is 16.5. The van der Waals surface area contributed by atoms with Crippen LogP contribution in [0.15, 0.2) is 18.2 Å². The molecule has 1 aromatic carbocycles. The average Bonchev–Trinajstić information content (AvgIpc) is 2.51. The fourth-order valence-corrected chi connectivity index (χ4v) is 2.52. The number of aliphatic hydroxyl groups excluding tert-OH is 1. The van der Waals surface area contributed by atoms with Crippen molar-refractivity contribution >= 4 is 0 Å². The van der Waals surface area contributed by atoms with E-state index in [1.54, 1.807) is 0 Å². The smallest absolute Gasteiger partial charge is 0.123 e. The van der Waals surface area contributed by atoms with Gasteiger partial charge in [-0.2, -0.15) is 0 Å². The third-order valence-electron chi connectivity index (χ3n) is 3.75. The Morgan fingerprint density at radius 3 is 1.68 bits per heavy atom. The topological polar surface area (TPSA) is 38.7 Å². The zero-order valence-electron chi connectivity index (χ0n) is 14.6. The lowest BCUT2D eigenvalue weighted by molar-refractivity contribution is 0.236. The third kappa shape index (κ3) is 7.17. The SMILES string of the molecule is CCCC(C)COc1cc(CO)cc(OCC(C)CCC)c1. The minimum Gasteiger partial charge on any atom is -0.493 e. The molecule has 0 bridgehead atoms. The second-order valence-electron chi connectivity index (χ2n) is 6.38. The first-order chi connectivity index (χ1) is 10.6. The van der Waals surface area contributed by atoms with E-state index in [4.69, 9.17) is 9.47 Å². The highest BCUT2D eigenvalue weighted by Gasteiger charge is 2.07. The molecule has 0 radical (unpaired) electrons. The summed E-state index contributed by atoms with van der Waals surface area (Å²) < 4.78 is 11.7. The third-order valence-corrected chi connectivity index (χ3v) is 3.75. The normalized spacial score (nSPS) is 13.7. The number of aliphatic hydroxyl groups is 1. The van der Waals surface area contributed by atoms with Gasteiger partial charge in [-0.15, -0.1) is 0 Å². The van der Waals surface area contributed by atoms with Crippen LogP contribution >= 0.6 is 0 Å². The van der Waals surface area contributed by atoms with Gasteiger partial charge in [0.05, 0.1) is 19.8 Å². The molecule has 0 aliphatic rings. The van der Waals surface area contributed by atoms with Gasteiger partial charge in [-0.3, -0.25) is 0 Å². The van der Waals surface area contributed by atoms with Gasteiger partial charge < -0.3 is 14.6 Å². The summed E-state index contributed by atoms with van der Waals surface area (Å²) in [6, 6.07) is 5.71. The molecular formula is C19H32O3. The molecule has 3 nitrogen and oxygen atoms in total. The molecule has 0 aromatic heterocycles. The number of hydrogen-bond donors (Lipinski definition) is 1. The van der Waals surface area contributed by atoms with E-state index in [-0.39, 0.29) is 6.61 Å². The lowest BCUT2D eigenvalue weighted by atomic mass is 10.1. The fraction of sp³-hybridized carbons (Fsp3) is 0.684. The van der Waals surface area contributed by atoms with Crippen LogP contribution in [0.1, 0.15) is 58.9 Å². The quantitative estimate of drug-likeness (QED) is 0.637. The highest BCUT2D eigenvalue weighted by molar-refractivity contribution is 5.38. The van der Waals surface area contributed by atoms with Gasteiger partial charge >= 0.3 is 0 Å². The van der Waals surface area contributed by atoms with Gasteiger partial charge in [-0.05, 0) is 42.4 Å². The Labute approximate surface area is 135 Å². The van der Waals surface area contributed by atoms with Crippen LogP contribution in [0.3, 0.4) is 0 Å². The predicted octanol–water partition coefficient (Wildman–Crippen LogP) is 4.81. The van der Waals surface area contributed by atoms with Gasteiger partial charge in [0, 0.05) is 6.07 Å². The Balaban J connectivity index is 2.63. The first kappa shape index (κ1) is 18.8. The summed E-state index contributed by atoms with van der Waals surface area (Å²) in [5.74, 6) is 2.65. The van der Waals surface area contributed by atoms with Gasteiger partial charge in [0.2, 0.25) is 0 Å². The Hall–Kier alpha value is -1.22. The molecule has 0 fully saturated rings. The monoisotopic (exact) mass is 308 g/mol. The van der Waals surface area contributed by atoms with E-state index in [9.17, 15) is 5.11 Å². The van der Waals surface area contributed by atoms with Crippen molar-refractivity contribution in [3.63, 3.8) is 0 Å². The van der Waals surface area contributed by atoms with Gasteiger partial charge in [0.1, 0.15) is 11.5 Å². The van der Waals surface area contributed by atoms with E-state index in [1.807, 2.05) is 18.2 Å². The first-order valence-electron chi connectivity index (χ1n) is 8.59. The van der Waals surface area contributed by atoms with E-state index >= 15 is 0 Å². The largest absolute Gasteiger partial charge is 0.493 e. The van der Waals surface area contributed by atoms with Gasteiger partial charge in [-0.1, -0.05) is 40.5 Å². The first-order valence-corrected chi connectivity index (χ1v) is 8.59. The molecule has 22 heavy (non-hydrogen) atoms. The van der Waals surface area contributed by atoms with Crippen LogP contribution in [-0.2, 0) is 6.61 Å². The van der Waals surface area contributed by atoms with Crippen LogP contribution in [0, 0.1) is 11.8 Å². The van der Waals surface area contributed by atoms with Crippen molar-refractivity contribution in [2.24, 2.45) is 11.8 Å². The molecule has 0 aliphatic heterocycles. The minimum atomic E-state index is 0.00257. The summed E-state index contributed by atoms with van der Waals surface area (Å²) in [6.07, 6.45) is 4.67. The second kappa shape index (κ2) is 10.5. The lowest BCUT2D eigenvalue weighted by Crippen LogP contribution is -2.10. The van der Waals surface area contributed by atoms with Crippen LogP contribution in [0.5, 0.6) is 11.5 Å². The van der Waals surface area contributed by atoms with Crippen molar-refractivity contribution in [3.8, 4) is 11.5 Å². The van der Waals surface area contributed by atoms with E-state index in [0.717, 1.165) is 29.9 Å². The molecule has 0 saturated heterocycles. The molecule has 0 aliphatic carbocycles. The Morgan fingerprint density at radius 2 is 1.32 bits per heavy atom. The van der Waals surface area contributed by atoms with Crippen molar-refractivity contribution in [1.29, 1.82) is 0 Å². The Morgan fingerprint density at radius 1 is 0.864 bits per heavy atom. The number of ether oxygens (including phenoxy) is 2. The molecule has 3 heteroatoms. The summed E-state index contributed by atoms with van der Waals surface area (Å²) in [5.41, 5.74) is 0.832. The van der Waals surface area contributed by atoms with Crippen LogP contribution in [0.4, 0.5) is 0 Å². The average molecular weight is 308 g/mol. The maximum atomic E-state index is 9.40. The summed E-state index contributed by atoms with van der Waals surface area (Å²) in [5, 5.41) is 9.40. The van der Waals surface area contributed by atoms with Crippen LogP contribution in [0.2, 0.25) is 0 Å². The summed E-state index contributed by atoms with van der Waals surface area (Å²) >= 11 is 0. The summed E-state index contributed by atoms with van der Waals surface area (Å²) in [7, 11) is 0. The maximum Gasteiger partial charge on any atom is 0.123 e. The van der Waals surface area contributed by atoms with Crippen molar-refractivity contribution in [1.82, 2.24) is 0 Å². The maximum absolute atomic E-state index is 9.40. The standard InChI is InChI=1S/C19H32O3/c1-5-7-15(3)13-21-18-9-17(12-20)10-19(11-18)22-14-16(4)8-6-2/h9-11,15-16,20H,5-8,12-14H2,1-4H3. The van der Waals surface area contributed by atoms with Gasteiger partial charge in [-0.25, -0.2) is 0 Å². The van der Waals surface area contributed by atoms with E-state index in [0.29, 0.717) is 25.0 Å². The molecule has 0 amide bonds. The number of hydrogen-bond acceptors (Lipinski definition) is 3. The van der Waals surface area contributed by atoms with Gasteiger partial charge in [0.25, 0.3) is 0 Å². The minimum absolute atomic E-state index is 0.00257. The summed E-state index contributed by atoms with van der Waals surface area (Å²) in [6.45, 7) is 10.2. The number of benzene rings is 1. The molecule has 2 unspecified atom stereocenters. The summed E-state index contributed by atoms with van der Waals surface area (Å²) in [4.78, 5) is 0.